The van der Waals surface area contributed by atoms with Crippen molar-refractivity contribution in [1.82, 2.24) is 4.90 Å². The maximum absolute atomic E-state index is 7.34. The number of nitrogens with zero attached hydrogens (tertiary/aromatic N) is 1. The molecule has 1 aliphatic heterocycles. The van der Waals surface area contributed by atoms with Crippen molar-refractivity contribution >= 4 is 0 Å². The van der Waals surface area contributed by atoms with Crippen LogP contribution in [-0.2, 0) is 0 Å². The van der Waals surface area contributed by atoms with Gasteiger partial charge in [0, 0.05) is 0 Å². The van der Waals surface area contributed by atoms with Crippen molar-refractivity contribution in [2.75, 3.05) is 20.1 Å². The summed E-state index contributed by atoms with van der Waals surface area (Å²) >= 11 is 0. The fourth-order valence-corrected chi connectivity index (χ4v) is 1.01. The minimum atomic E-state index is 0. The van der Waals surface area contributed by atoms with Crippen LogP contribution in [0.15, 0.2) is 0 Å². The third-order valence-electron chi connectivity index (χ3n) is 1.72. The molecule has 0 unspecified atom stereocenters. The van der Waals surface area contributed by atoms with E-state index in [2.05, 4.69) is 11.9 Å². The average molecular weight is 212 g/mol. The Morgan fingerprint density at radius 1 is 1.00 bits per heavy atom. The zero-order valence-corrected chi connectivity index (χ0v) is 13.5. The number of likely N-dealkylation sites (tertiary alicyclic amines) is 1. The second kappa shape index (κ2) is 16.0. The fourth-order valence-electron chi connectivity index (χ4n) is 1.01. The molecule has 0 radical (unpaired) electrons. The second-order valence-corrected chi connectivity index (χ2v) is 2.58. The summed E-state index contributed by atoms with van der Waals surface area (Å²) in [5, 5.41) is 0. The van der Waals surface area contributed by atoms with Crippen LogP contribution in [0.25, 0.3) is 5.73 Å². The smallest absolute Gasteiger partial charge is 0.675 e. The van der Waals surface area contributed by atoms with Gasteiger partial charge < -0.3 is 10.6 Å². The number of hydrogen-bond donors (Lipinski definition) is 0. The molecule has 1 heterocycles. The molecule has 1 saturated heterocycles. The predicted octanol–water partition coefficient (Wildman–Crippen LogP) is 0.189. The quantitative estimate of drug-likeness (QED) is 0.527. The van der Waals surface area contributed by atoms with Crippen LogP contribution < -0.4 is 51.4 Å². The van der Waals surface area contributed by atoms with Gasteiger partial charge in [-0.15, -0.1) is 6.04 Å². The van der Waals surface area contributed by atoms with Gasteiger partial charge in [-0.2, -0.15) is 0 Å². The molecule has 0 bridgehead atoms. The summed E-state index contributed by atoms with van der Waals surface area (Å²) in [6.45, 7) is 10.2. The van der Waals surface area contributed by atoms with Gasteiger partial charge in [-0.1, -0.05) is 40.5 Å². The molecule has 0 saturated carbocycles. The van der Waals surface area contributed by atoms with Gasteiger partial charge in [-0.05, 0) is 20.1 Å². The molecule has 0 spiro atoms. The first-order chi connectivity index (χ1) is 5.79. The molecule has 2 nitrogen and oxygen atoms in total. The Hall–Kier alpha value is 1.56. The second-order valence-electron chi connectivity index (χ2n) is 2.58. The summed E-state index contributed by atoms with van der Waals surface area (Å²) in [6.07, 6.45) is 2.13. The number of nitrogens with one attached hydrogen (secondary N) is 1. The molecule has 0 amide bonds. The van der Waals surface area contributed by atoms with Crippen molar-refractivity contribution in [2.24, 2.45) is 0 Å². The van der Waals surface area contributed by atoms with E-state index in [0.717, 1.165) is 25.9 Å². The Labute approximate surface area is 127 Å². The minimum Gasteiger partial charge on any atom is -0.675 e. The van der Waals surface area contributed by atoms with Crippen molar-refractivity contribution in [3.63, 3.8) is 0 Å². The summed E-state index contributed by atoms with van der Waals surface area (Å²) in [5.74, 6) is 0. The Balaban J connectivity index is -0.000000178. The first-order valence-electron chi connectivity index (χ1n) is 5.18. The molecule has 1 N–H and O–H groups in total. The molecule has 1 rings (SSSR count). The van der Waals surface area contributed by atoms with Crippen LogP contribution in [-0.4, -0.2) is 31.1 Å². The standard InChI is InChI=1S/C6H13N2.2C2H6.K/c1-8-4-2-6(7)3-5-8;2*1-2;/h6-7H,2-5H2,1H3;2*1-2H3;/q-1;;;+1. The van der Waals surface area contributed by atoms with Crippen LogP contribution in [0.2, 0.25) is 0 Å². The largest absolute Gasteiger partial charge is 1.00 e. The normalized spacial score (nSPS) is 17.1. The van der Waals surface area contributed by atoms with Crippen LogP contribution in [0.1, 0.15) is 40.5 Å². The van der Waals surface area contributed by atoms with Crippen LogP contribution >= 0.6 is 0 Å². The van der Waals surface area contributed by atoms with E-state index in [9.17, 15) is 0 Å². The SMILES string of the molecule is CC.CC.CN1CCC([NH-])CC1.[K+]. The number of piperidine rings is 1. The van der Waals surface area contributed by atoms with E-state index >= 15 is 0 Å². The number of rotatable bonds is 0. The third kappa shape index (κ3) is 13.6. The van der Waals surface area contributed by atoms with Crippen LogP contribution in [0.4, 0.5) is 0 Å². The predicted molar refractivity (Wildman–Crippen MR) is 57.5 cm³/mol. The molecule has 0 aromatic carbocycles. The summed E-state index contributed by atoms with van der Waals surface area (Å²) in [7, 11) is 2.12. The monoisotopic (exact) mass is 212 g/mol. The van der Waals surface area contributed by atoms with Gasteiger partial charge >= 0.3 is 51.4 Å². The Bertz CT molecular complexity index is 61.3. The van der Waals surface area contributed by atoms with Crippen molar-refractivity contribution in [3.05, 3.63) is 5.73 Å². The zero-order valence-electron chi connectivity index (χ0n) is 10.4. The van der Waals surface area contributed by atoms with Gasteiger partial charge in [0.25, 0.3) is 0 Å². The van der Waals surface area contributed by atoms with Gasteiger partial charge in [-0.25, -0.2) is 0 Å². The van der Waals surface area contributed by atoms with E-state index in [1.165, 1.54) is 0 Å². The van der Waals surface area contributed by atoms with Crippen LogP contribution in [0, 0.1) is 0 Å². The summed E-state index contributed by atoms with van der Waals surface area (Å²) in [6, 6.07) is 0.228. The zero-order chi connectivity index (χ0) is 9.98. The van der Waals surface area contributed by atoms with E-state index in [1.807, 2.05) is 27.7 Å². The first-order valence-corrected chi connectivity index (χ1v) is 5.18. The average Bonchev–Trinajstić information content (AvgIpc) is 2.17. The fraction of sp³-hybridized carbons (Fsp3) is 1.00. The molecule has 76 valence electrons. The molecule has 1 aliphatic rings. The molecular formula is C10H25KN2. The van der Waals surface area contributed by atoms with Gasteiger partial charge in [0.05, 0.1) is 0 Å². The summed E-state index contributed by atoms with van der Waals surface area (Å²) < 4.78 is 0. The molecule has 0 aliphatic carbocycles. The Kier molecular flexibility index (Phi) is 24.7. The van der Waals surface area contributed by atoms with E-state index in [1.54, 1.807) is 0 Å². The van der Waals surface area contributed by atoms with Gasteiger partial charge in [0.2, 0.25) is 0 Å². The van der Waals surface area contributed by atoms with Crippen LogP contribution in [0.3, 0.4) is 0 Å². The summed E-state index contributed by atoms with van der Waals surface area (Å²) in [4.78, 5) is 2.28. The van der Waals surface area contributed by atoms with E-state index in [4.69, 9.17) is 5.73 Å². The molecule has 13 heavy (non-hydrogen) atoms. The van der Waals surface area contributed by atoms with Gasteiger partial charge in [0.1, 0.15) is 0 Å². The van der Waals surface area contributed by atoms with Gasteiger partial charge in [0.15, 0.2) is 0 Å². The maximum atomic E-state index is 7.34. The van der Waals surface area contributed by atoms with E-state index in [0.29, 0.717) is 0 Å². The van der Waals surface area contributed by atoms with Crippen molar-refractivity contribution < 1.29 is 51.4 Å². The first kappa shape index (κ1) is 20.0. The topological polar surface area (TPSA) is 27.0 Å². The maximum Gasteiger partial charge on any atom is 1.00 e. The number of hydrogen-bond acceptors (Lipinski definition) is 1. The van der Waals surface area contributed by atoms with Gasteiger partial charge in [-0.3, -0.25) is 0 Å². The Morgan fingerprint density at radius 3 is 1.54 bits per heavy atom. The van der Waals surface area contributed by atoms with Crippen molar-refractivity contribution in [1.29, 1.82) is 0 Å². The molecule has 3 heteroatoms. The Morgan fingerprint density at radius 2 is 1.31 bits per heavy atom. The molecule has 0 atom stereocenters. The van der Waals surface area contributed by atoms with Crippen molar-refractivity contribution in [2.45, 2.75) is 46.6 Å². The molecule has 0 aromatic heterocycles. The minimum absolute atomic E-state index is 0. The van der Waals surface area contributed by atoms with Crippen LogP contribution in [0.5, 0.6) is 0 Å². The van der Waals surface area contributed by atoms with E-state index in [-0.39, 0.29) is 57.4 Å². The van der Waals surface area contributed by atoms with E-state index < -0.39 is 0 Å². The molecular weight excluding hydrogens is 187 g/mol. The summed E-state index contributed by atoms with van der Waals surface area (Å²) in [5.41, 5.74) is 7.34. The van der Waals surface area contributed by atoms with Crippen molar-refractivity contribution in [3.8, 4) is 0 Å². The molecule has 0 aromatic rings. The third-order valence-corrected chi connectivity index (χ3v) is 1.72. The molecule has 1 fully saturated rings.